The molecule has 1 fully saturated rings. The lowest BCUT2D eigenvalue weighted by atomic mass is 9.83. The van der Waals surface area contributed by atoms with Gasteiger partial charge in [-0.2, -0.15) is 0 Å². The van der Waals surface area contributed by atoms with Crippen LogP contribution < -0.4 is 0 Å². The van der Waals surface area contributed by atoms with Crippen LogP contribution in [0.3, 0.4) is 0 Å². The van der Waals surface area contributed by atoms with E-state index in [1.807, 2.05) is 11.8 Å². The molecule has 0 spiro atoms. The van der Waals surface area contributed by atoms with E-state index >= 15 is 0 Å². The summed E-state index contributed by atoms with van der Waals surface area (Å²) in [6.07, 6.45) is 8.16. The van der Waals surface area contributed by atoms with Crippen molar-refractivity contribution in [1.82, 2.24) is 0 Å². The molecular weight excluding hydrogens is 268 g/mol. The number of rotatable bonds is 9. The second kappa shape index (κ2) is 8.77. The number of hydrogen-bond acceptors (Lipinski definition) is 3. The molecule has 0 unspecified atom stereocenters. The molecule has 0 N–H and O–H groups in total. The molecule has 1 aliphatic rings. The number of hydrogen-bond donors (Lipinski definition) is 0. The van der Waals surface area contributed by atoms with Gasteiger partial charge in [-0.1, -0.05) is 31.0 Å². The van der Waals surface area contributed by atoms with Crippen LogP contribution in [0.25, 0.3) is 0 Å². The Hall–Kier alpha value is -0.423. The van der Waals surface area contributed by atoms with E-state index in [1.165, 1.54) is 32.1 Å². The molecule has 0 amide bonds. The second-order valence-electron chi connectivity index (χ2n) is 6.06. The third kappa shape index (κ3) is 5.52. The first kappa shape index (κ1) is 17.6. The predicted molar refractivity (Wildman–Crippen MR) is 86.1 cm³/mol. The van der Waals surface area contributed by atoms with Crippen molar-refractivity contribution in [3.8, 4) is 0 Å². The van der Waals surface area contributed by atoms with Crippen LogP contribution in [0.2, 0.25) is 13.1 Å². The van der Waals surface area contributed by atoms with Gasteiger partial charge in [-0.05, 0) is 31.9 Å². The van der Waals surface area contributed by atoms with E-state index < -0.39 is 8.32 Å². The molecule has 0 aromatic heterocycles. The second-order valence-corrected chi connectivity index (χ2v) is 9.91. The van der Waals surface area contributed by atoms with Crippen LogP contribution in [0.15, 0.2) is 24.9 Å². The zero-order valence-electron chi connectivity index (χ0n) is 13.3. The summed E-state index contributed by atoms with van der Waals surface area (Å²) in [5, 5.41) is 0. The lowest BCUT2D eigenvalue weighted by Gasteiger charge is -2.38. The van der Waals surface area contributed by atoms with E-state index in [0.29, 0.717) is 5.92 Å². The van der Waals surface area contributed by atoms with Gasteiger partial charge in [0.1, 0.15) is 12.9 Å². The maximum atomic E-state index is 6.45. The predicted octanol–water partition coefficient (Wildman–Crippen LogP) is 4.06. The molecule has 0 bridgehead atoms. The molecule has 1 rings (SSSR count). The molecule has 1 aliphatic carbocycles. The van der Waals surface area contributed by atoms with Gasteiger partial charge < -0.3 is 13.9 Å². The van der Waals surface area contributed by atoms with Gasteiger partial charge in [-0.15, -0.1) is 13.2 Å². The van der Waals surface area contributed by atoms with E-state index in [0.717, 1.165) is 0 Å². The lowest BCUT2D eigenvalue weighted by Crippen LogP contribution is -2.45. The normalized spacial score (nSPS) is 20.4. The van der Waals surface area contributed by atoms with E-state index in [2.05, 4.69) is 26.3 Å². The fraction of sp³-hybridized carbons (Fsp3) is 0.750. The van der Waals surface area contributed by atoms with Gasteiger partial charge >= 0.3 is 0 Å². The van der Waals surface area contributed by atoms with Crippen LogP contribution in [0, 0.1) is 5.92 Å². The van der Waals surface area contributed by atoms with E-state index in [1.54, 1.807) is 7.11 Å². The Bertz CT molecular complexity index is 298. The van der Waals surface area contributed by atoms with Gasteiger partial charge in [0.2, 0.25) is 8.32 Å². The highest BCUT2D eigenvalue weighted by Crippen LogP contribution is 2.32. The summed E-state index contributed by atoms with van der Waals surface area (Å²) >= 11 is 0. The Morgan fingerprint density at radius 1 is 1.20 bits per heavy atom. The Balaban J connectivity index is 2.80. The zero-order chi connectivity index (χ0) is 15.0. The lowest BCUT2D eigenvalue weighted by molar-refractivity contribution is -0.103. The Morgan fingerprint density at radius 3 is 2.35 bits per heavy atom. The summed E-state index contributed by atoms with van der Waals surface area (Å²) in [5.74, 6) is 0.551. The van der Waals surface area contributed by atoms with Crippen molar-refractivity contribution in [3.63, 3.8) is 0 Å². The van der Waals surface area contributed by atoms with E-state index in [-0.39, 0.29) is 19.0 Å². The Kier molecular flexibility index (Phi) is 7.73. The standard InChI is InChI=1S/C16H30O3Si/c1-6-15(18-13-17-3)16(19-20(4,5)7-2)14-11-9-8-10-12-14/h6-7,14-16H,1-2,8-13H2,3-5H3/t15-,16-/m0/s1. The van der Waals surface area contributed by atoms with Crippen molar-refractivity contribution in [3.05, 3.63) is 24.9 Å². The first-order valence-corrected chi connectivity index (χ1v) is 10.6. The van der Waals surface area contributed by atoms with Gasteiger partial charge in [0.15, 0.2) is 0 Å². The molecule has 0 radical (unpaired) electrons. The molecule has 1 saturated carbocycles. The Morgan fingerprint density at radius 2 is 1.85 bits per heavy atom. The third-order valence-corrected chi connectivity index (χ3v) is 5.84. The van der Waals surface area contributed by atoms with Gasteiger partial charge in [-0.3, -0.25) is 0 Å². The summed E-state index contributed by atoms with van der Waals surface area (Å²) in [7, 11) is -0.209. The van der Waals surface area contributed by atoms with Gasteiger partial charge in [0, 0.05) is 7.11 Å². The van der Waals surface area contributed by atoms with Crippen molar-refractivity contribution in [2.45, 2.75) is 57.4 Å². The summed E-state index contributed by atoms with van der Waals surface area (Å²) in [6.45, 7) is 12.5. The highest BCUT2D eigenvalue weighted by atomic mass is 28.4. The quantitative estimate of drug-likeness (QED) is 0.365. The average molecular weight is 298 g/mol. The molecule has 4 heteroatoms. The minimum absolute atomic E-state index is 0.0719. The van der Waals surface area contributed by atoms with Crippen molar-refractivity contribution >= 4 is 8.32 Å². The average Bonchev–Trinajstić information content (AvgIpc) is 2.47. The van der Waals surface area contributed by atoms with Crippen LogP contribution in [0.5, 0.6) is 0 Å². The molecule has 116 valence electrons. The zero-order valence-corrected chi connectivity index (χ0v) is 14.3. The van der Waals surface area contributed by atoms with Crippen LogP contribution in [-0.4, -0.2) is 34.4 Å². The molecule has 0 aromatic rings. The fourth-order valence-corrected chi connectivity index (χ4v) is 3.86. The van der Waals surface area contributed by atoms with E-state index in [4.69, 9.17) is 13.9 Å². The Labute approximate surface area is 125 Å². The van der Waals surface area contributed by atoms with Gasteiger partial charge in [0.05, 0.1) is 6.10 Å². The molecule has 0 saturated heterocycles. The monoisotopic (exact) mass is 298 g/mol. The number of ether oxygens (including phenoxy) is 2. The summed E-state index contributed by atoms with van der Waals surface area (Å²) < 4.78 is 17.2. The van der Waals surface area contributed by atoms with Crippen molar-refractivity contribution in [2.24, 2.45) is 5.92 Å². The highest BCUT2D eigenvalue weighted by molar-refractivity contribution is 6.76. The maximum Gasteiger partial charge on any atom is 0.211 e. The number of methoxy groups -OCH3 is 1. The molecule has 2 atom stereocenters. The summed E-state index contributed by atoms with van der Waals surface area (Å²) in [4.78, 5) is 0. The summed E-state index contributed by atoms with van der Waals surface area (Å²) in [5.41, 5.74) is 1.99. The van der Waals surface area contributed by atoms with Crippen molar-refractivity contribution in [2.75, 3.05) is 13.9 Å². The largest absolute Gasteiger partial charge is 0.407 e. The minimum atomic E-state index is -1.85. The topological polar surface area (TPSA) is 27.7 Å². The minimum Gasteiger partial charge on any atom is -0.407 e. The van der Waals surface area contributed by atoms with Crippen LogP contribution in [0.1, 0.15) is 32.1 Å². The van der Waals surface area contributed by atoms with E-state index in [9.17, 15) is 0 Å². The molecular formula is C16H30O3Si. The van der Waals surface area contributed by atoms with Crippen molar-refractivity contribution < 1.29 is 13.9 Å². The third-order valence-electron chi connectivity index (χ3n) is 3.98. The maximum absolute atomic E-state index is 6.45. The van der Waals surface area contributed by atoms with Gasteiger partial charge in [0.25, 0.3) is 0 Å². The molecule has 0 aliphatic heterocycles. The van der Waals surface area contributed by atoms with Crippen molar-refractivity contribution in [1.29, 1.82) is 0 Å². The molecule has 20 heavy (non-hydrogen) atoms. The first-order chi connectivity index (χ1) is 9.54. The highest BCUT2D eigenvalue weighted by Gasteiger charge is 2.35. The molecule has 0 heterocycles. The van der Waals surface area contributed by atoms with Crippen LogP contribution in [-0.2, 0) is 13.9 Å². The summed E-state index contributed by atoms with van der Waals surface area (Å²) in [6, 6.07) is 0. The van der Waals surface area contributed by atoms with Crippen LogP contribution in [0.4, 0.5) is 0 Å². The fourth-order valence-electron chi connectivity index (χ4n) is 2.74. The molecule has 3 nitrogen and oxygen atoms in total. The van der Waals surface area contributed by atoms with Crippen LogP contribution >= 0.6 is 0 Å². The molecule has 0 aromatic carbocycles. The SMILES string of the molecule is C=C[C@H](OCOC)[C@@H](O[Si](C)(C)C=C)C1CCCCC1. The smallest absolute Gasteiger partial charge is 0.211 e. The first-order valence-electron chi connectivity index (χ1n) is 7.58. The van der Waals surface area contributed by atoms with Gasteiger partial charge in [-0.25, -0.2) is 0 Å².